The number of hydrogen-bond donors (Lipinski definition) is 1. The van der Waals surface area contributed by atoms with E-state index in [1.165, 1.54) is 0 Å². The normalized spacial score (nSPS) is 13.1. The van der Waals surface area contributed by atoms with Crippen LogP contribution >= 0.6 is 23.2 Å². The summed E-state index contributed by atoms with van der Waals surface area (Å²) in [4.78, 5) is 9.03. The van der Waals surface area contributed by atoms with Crippen molar-refractivity contribution in [2.75, 3.05) is 0 Å². The number of nitrogens with zero attached hydrogens (tertiary/aromatic N) is 2. The molecule has 0 fully saturated rings. The minimum absolute atomic E-state index is 0.540. The maximum Gasteiger partial charge on any atom is 0.142 e. The van der Waals surface area contributed by atoms with Crippen molar-refractivity contribution in [3.05, 3.63) is 130 Å². The smallest absolute Gasteiger partial charge is 0.142 e. The summed E-state index contributed by atoms with van der Waals surface area (Å²) < 4.78 is 0. The quantitative estimate of drug-likeness (QED) is 0.302. The van der Waals surface area contributed by atoms with Crippen molar-refractivity contribution < 1.29 is 5.11 Å². The van der Waals surface area contributed by atoms with Gasteiger partial charge in [0.15, 0.2) is 0 Å². The lowest BCUT2D eigenvalue weighted by Gasteiger charge is -2.30. The van der Waals surface area contributed by atoms with Crippen LogP contribution in [0.3, 0.4) is 0 Å². The molecule has 33 heavy (non-hydrogen) atoms. The fourth-order valence-electron chi connectivity index (χ4n) is 4.10. The van der Waals surface area contributed by atoms with Gasteiger partial charge < -0.3 is 5.11 Å². The van der Waals surface area contributed by atoms with E-state index < -0.39 is 5.60 Å². The Labute approximate surface area is 202 Å². The van der Waals surface area contributed by atoms with Crippen molar-refractivity contribution >= 4 is 34.1 Å². The highest BCUT2D eigenvalue weighted by Gasteiger charge is 2.35. The SMILES string of the molecule is Cc1ccc(C(O)(c2cccc(Cl)c2)c2ccc3ncc(-c4ccccc4)c(Cl)c3c2)cn1. The van der Waals surface area contributed by atoms with Crippen LogP contribution in [0.5, 0.6) is 0 Å². The summed E-state index contributed by atoms with van der Waals surface area (Å²) in [6.07, 6.45) is 3.48. The second-order valence-electron chi connectivity index (χ2n) is 7.99. The molecule has 162 valence electrons. The molecule has 1 unspecified atom stereocenters. The molecule has 0 saturated carbocycles. The molecule has 0 saturated heterocycles. The third kappa shape index (κ3) is 3.89. The Morgan fingerprint density at radius 3 is 2.21 bits per heavy atom. The minimum atomic E-state index is -1.48. The second kappa shape index (κ2) is 8.60. The minimum Gasteiger partial charge on any atom is -0.376 e. The summed E-state index contributed by atoms with van der Waals surface area (Å²) in [6.45, 7) is 1.91. The number of halogens is 2. The zero-order chi connectivity index (χ0) is 23.0. The second-order valence-corrected chi connectivity index (χ2v) is 8.81. The molecule has 2 heterocycles. The average molecular weight is 471 g/mol. The Morgan fingerprint density at radius 2 is 1.48 bits per heavy atom. The van der Waals surface area contributed by atoms with Gasteiger partial charge >= 0.3 is 0 Å². The van der Waals surface area contributed by atoms with Crippen molar-refractivity contribution in [1.82, 2.24) is 9.97 Å². The number of hydrogen-bond acceptors (Lipinski definition) is 3. The number of rotatable bonds is 4. The maximum absolute atomic E-state index is 12.2. The summed E-state index contributed by atoms with van der Waals surface area (Å²) >= 11 is 13.2. The third-order valence-corrected chi connectivity index (χ3v) is 6.52. The van der Waals surface area contributed by atoms with Gasteiger partial charge in [-0.3, -0.25) is 9.97 Å². The van der Waals surface area contributed by atoms with Gasteiger partial charge in [-0.2, -0.15) is 0 Å². The van der Waals surface area contributed by atoms with Gasteiger partial charge in [-0.25, -0.2) is 0 Å². The predicted molar refractivity (Wildman–Crippen MR) is 135 cm³/mol. The third-order valence-electron chi connectivity index (χ3n) is 5.88. The monoisotopic (exact) mass is 470 g/mol. The van der Waals surface area contributed by atoms with E-state index in [4.69, 9.17) is 23.2 Å². The van der Waals surface area contributed by atoms with E-state index >= 15 is 0 Å². The summed E-state index contributed by atoms with van der Waals surface area (Å²) in [7, 11) is 0. The van der Waals surface area contributed by atoms with Crippen molar-refractivity contribution in [2.45, 2.75) is 12.5 Å². The van der Waals surface area contributed by atoms with Crippen LogP contribution < -0.4 is 0 Å². The van der Waals surface area contributed by atoms with E-state index in [0.717, 1.165) is 27.7 Å². The predicted octanol–water partition coefficient (Wildman–Crippen LogP) is 7.20. The zero-order valence-electron chi connectivity index (χ0n) is 17.8. The lowest BCUT2D eigenvalue weighted by molar-refractivity contribution is 0.125. The molecule has 5 aromatic rings. The van der Waals surface area contributed by atoms with Gasteiger partial charge in [0.25, 0.3) is 0 Å². The number of aromatic nitrogens is 2. The van der Waals surface area contributed by atoms with E-state index in [2.05, 4.69) is 9.97 Å². The highest BCUT2D eigenvalue weighted by Crippen LogP contribution is 2.40. The molecule has 0 spiro atoms. The molecule has 1 N–H and O–H groups in total. The van der Waals surface area contributed by atoms with E-state index in [-0.39, 0.29) is 0 Å². The van der Waals surface area contributed by atoms with E-state index in [9.17, 15) is 5.11 Å². The molecule has 1 atom stereocenters. The highest BCUT2D eigenvalue weighted by molar-refractivity contribution is 6.38. The summed E-state index contributed by atoms with van der Waals surface area (Å²) in [6, 6.07) is 26.5. The van der Waals surface area contributed by atoms with Crippen molar-refractivity contribution in [3.63, 3.8) is 0 Å². The van der Waals surface area contributed by atoms with Crippen LogP contribution in [0.4, 0.5) is 0 Å². The molecule has 5 heteroatoms. The van der Waals surface area contributed by atoms with Gasteiger partial charge in [-0.15, -0.1) is 0 Å². The number of benzene rings is 3. The van der Waals surface area contributed by atoms with Crippen LogP contribution in [0.2, 0.25) is 10.0 Å². The molecule has 3 aromatic carbocycles. The summed E-state index contributed by atoms with van der Waals surface area (Å²) in [5.74, 6) is 0. The highest BCUT2D eigenvalue weighted by atomic mass is 35.5. The lowest BCUT2D eigenvalue weighted by Crippen LogP contribution is -2.29. The zero-order valence-corrected chi connectivity index (χ0v) is 19.3. The average Bonchev–Trinajstić information content (AvgIpc) is 2.85. The first kappa shape index (κ1) is 21.6. The molecule has 0 aliphatic rings. The number of fused-ring (bicyclic) bond motifs is 1. The topological polar surface area (TPSA) is 46.0 Å². The van der Waals surface area contributed by atoms with Gasteiger partial charge in [0.05, 0.1) is 10.5 Å². The van der Waals surface area contributed by atoms with Crippen molar-refractivity contribution in [1.29, 1.82) is 0 Å². The fourth-order valence-corrected chi connectivity index (χ4v) is 4.60. The number of aryl methyl sites for hydroxylation is 1. The van der Waals surface area contributed by atoms with Gasteiger partial charge in [0.2, 0.25) is 0 Å². The van der Waals surface area contributed by atoms with Crippen LogP contribution in [0.15, 0.2) is 97.3 Å². The molecule has 5 rings (SSSR count). The van der Waals surface area contributed by atoms with Crippen LogP contribution in [0, 0.1) is 6.92 Å². The summed E-state index contributed by atoms with van der Waals surface area (Å²) in [5, 5.41) is 14.1. The van der Waals surface area contributed by atoms with Gasteiger partial charge in [-0.05, 0) is 53.9 Å². The molecule has 2 aromatic heterocycles. The van der Waals surface area contributed by atoms with Gasteiger partial charge in [0, 0.05) is 39.6 Å². The Hall–Kier alpha value is -3.24. The van der Waals surface area contributed by atoms with E-state index in [0.29, 0.717) is 26.7 Å². The Kier molecular flexibility index (Phi) is 5.63. The van der Waals surface area contributed by atoms with Crippen molar-refractivity contribution in [2.24, 2.45) is 0 Å². The maximum atomic E-state index is 12.2. The molecular formula is C28H20Cl2N2O. The van der Waals surface area contributed by atoms with Crippen LogP contribution in [-0.4, -0.2) is 15.1 Å². The first-order chi connectivity index (χ1) is 16.0. The first-order valence-corrected chi connectivity index (χ1v) is 11.3. The Morgan fingerprint density at radius 1 is 0.727 bits per heavy atom. The van der Waals surface area contributed by atoms with Crippen LogP contribution in [-0.2, 0) is 5.60 Å². The fraction of sp³-hybridized carbons (Fsp3) is 0.0714. The van der Waals surface area contributed by atoms with Crippen molar-refractivity contribution in [3.8, 4) is 11.1 Å². The standard InChI is InChI=1S/C28H20Cl2N2O/c1-18-10-11-22(16-31-18)28(33,20-8-5-9-23(29)14-20)21-12-13-26-24(15-21)27(30)25(17-32-26)19-6-3-2-4-7-19/h2-17,33H,1H3. The Bertz CT molecular complexity index is 1450. The molecule has 0 amide bonds. The van der Waals surface area contributed by atoms with Gasteiger partial charge in [-0.1, -0.05) is 77.8 Å². The van der Waals surface area contributed by atoms with E-state index in [1.54, 1.807) is 24.5 Å². The molecule has 0 aliphatic heterocycles. The summed E-state index contributed by atoms with van der Waals surface area (Å²) in [5.41, 5.74) is 3.88. The molecular weight excluding hydrogens is 451 g/mol. The Balaban J connectivity index is 1.76. The largest absolute Gasteiger partial charge is 0.376 e. The molecule has 3 nitrogen and oxygen atoms in total. The lowest BCUT2D eigenvalue weighted by atomic mass is 9.80. The van der Waals surface area contributed by atoms with Gasteiger partial charge in [0.1, 0.15) is 5.60 Å². The molecule has 0 aliphatic carbocycles. The number of aliphatic hydroxyl groups is 1. The molecule has 0 radical (unpaired) electrons. The van der Waals surface area contributed by atoms with E-state index in [1.807, 2.05) is 79.7 Å². The van der Waals surface area contributed by atoms with Crippen LogP contribution in [0.1, 0.15) is 22.4 Å². The van der Waals surface area contributed by atoms with Crippen LogP contribution in [0.25, 0.3) is 22.0 Å². The molecule has 0 bridgehead atoms. The first-order valence-electron chi connectivity index (χ1n) is 10.5. The number of pyridine rings is 2.